The Bertz CT molecular complexity index is 1270. The molecule has 0 spiro atoms. The fourth-order valence-electron chi connectivity index (χ4n) is 3.70. The average molecular weight is 582 g/mol. The normalized spacial score (nSPS) is 13.6. The molecule has 17 heteroatoms. The van der Waals surface area contributed by atoms with Gasteiger partial charge in [-0.25, -0.2) is 22.9 Å². The summed E-state index contributed by atoms with van der Waals surface area (Å²) in [5.74, 6) is -8.72. The number of ether oxygens (including phenoxy) is 1. The fourth-order valence-corrected chi connectivity index (χ4v) is 3.70. The quantitative estimate of drug-likeness (QED) is 0.241. The van der Waals surface area contributed by atoms with Crippen LogP contribution in [0.2, 0.25) is 0 Å². The van der Waals surface area contributed by atoms with Crippen LogP contribution in [0.5, 0.6) is 0 Å². The summed E-state index contributed by atoms with van der Waals surface area (Å²) in [7, 11) is 0.990. The second-order valence-electron chi connectivity index (χ2n) is 8.50. The molecule has 1 aliphatic heterocycles. The number of rotatable bonds is 8. The van der Waals surface area contributed by atoms with Gasteiger partial charge in [-0.2, -0.15) is 13.2 Å². The highest BCUT2D eigenvalue weighted by atomic mass is 19.4. The van der Waals surface area contributed by atoms with Crippen molar-refractivity contribution in [3.8, 4) is 0 Å². The number of nitrogens with two attached hydrogens (primary N) is 1. The summed E-state index contributed by atoms with van der Waals surface area (Å²) in [6.07, 6.45) is -6.02. The number of fused-ring (bicyclic) bond motifs is 1. The Morgan fingerprint density at radius 3 is 2.12 bits per heavy atom. The molecule has 0 saturated carbocycles. The standard InChI is InChI=1S/C19H18F6N4O3.C4H6O4/c1-32-17(31)16-14-8-28(2-3-29(14)18(27-16)19(23,24)25)15(30)6-10(26)4-9-5-12(21)13(22)7-11(9)20;5-3(6)1-2-4(7)8/h5,7,10H,2-4,6,8,26H2,1H3;1-2H2,(H,5,6)(H,7,8)/t10-;/m1./s1. The molecule has 11 nitrogen and oxygen atoms in total. The second kappa shape index (κ2) is 13.3. The number of carbonyl (C=O) groups is 4. The summed E-state index contributed by atoms with van der Waals surface area (Å²) in [5, 5.41) is 15.8. The number of halogens is 6. The number of methoxy groups -OCH3 is 1. The van der Waals surface area contributed by atoms with E-state index >= 15 is 0 Å². The molecule has 1 aliphatic rings. The van der Waals surface area contributed by atoms with E-state index in [2.05, 4.69) is 9.72 Å². The maximum absolute atomic E-state index is 13.8. The molecule has 2 aromatic rings. The molecular weight excluding hydrogens is 558 g/mol. The van der Waals surface area contributed by atoms with Gasteiger partial charge >= 0.3 is 24.1 Å². The van der Waals surface area contributed by atoms with Gasteiger partial charge in [0.2, 0.25) is 11.7 Å². The molecule has 0 bridgehead atoms. The van der Waals surface area contributed by atoms with Gasteiger partial charge in [0.05, 0.1) is 32.2 Å². The Labute approximate surface area is 222 Å². The van der Waals surface area contributed by atoms with Gasteiger partial charge in [0.1, 0.15) is 5.82 Å². The molecular formula is C23H24F6N4O7. The predicted octanol–water partition coefficient (Wildman–Crippen LogP) is 2.34. The highest BCUT2D eigenvalue weighted by Crippen LogP contribution is 2.32. The number of alkyl halides is 3. The van der Waals surface area contributed by atoms with E-state index in [9.17, 15) is 45.5 Å². The van der Waals surface area contributed by atoms with Crippen LogP contribution < -0.4 is 5.73 Å². The van der Waals surface area contributed by atoms with Crippen molar-refractivity contribution in [1.82, 2.24) is 14.5 Å². The van der Waals surface area contributed by atoms with E-state index < -0.39 is 65.0 Å². The van der Waals surface area contributed by atoms with Gasteiger partial charge in [-0.1, -0.05) is 0 Å². The molecule has 40 heavy (non-hydrogen) atoms. The van der Waals surface area contributed by atoms with Crippen LogP contribution in [-0.2, 0) is 44.8 Å². The molecule has 1 aromatic carbocycles. The van der Waals surface area contributed by atoms with Crippen LogP contribution in [0.1, 0.15) is 46.8 Å². The van der Waals surface area contributed by atoms with Gasteiger partial charge in [0, 0.05) is 31.6 Å². The lowest BCUT2D eigenvalue weighted by molar-refractivity contribution is -0.148. The predicted molar refractivity (Wildman–Crippen MR) is 121 cm³/mol. The molecule has 0 unspecified atom stereocenters. The molecule has 0 radical (unpaired) electrons. The first-order chi connectivity index (χ1) is 18.5. The lowest BCUT2D eigenvalue weighted by atomic mass is 10.0. The highest BCUT2D eigenvalue weighted by molar-refractivity contribution is 5.89. The Morgan fingerprint density at radius 1 is 1.02 bits per heavy atom. The Kier molecular flexibility index (Phi) is 10.6. The van der Waals surface area contributed by atoms with Gasteiger partial charge in [0.25, 0.3) is 0 Å². The number of carboxylic acid groups (broad SMARTS) is 2. The number of carbonyl (C=O) groups excluding carboxylic acids is 2. The molecule has 220 valence electrons. The van der Waals surface area contributed by atoms with Crippen LogP contribution in [0.3, 0.4) is 0 Å². The maximum atomic E-state index is 13.8. The topological polar surface area (TPSA) is 165 Å². The number of esters is 1. The van der Waals surface area contributed by atoms with Crippen LogP contribution >= 0.6 is 0 Å². The van der Waals surface area contributed by atoms with Gasteiger partial charge in [-0.05, 0) is 18.1 Å². The Balaban J connectivity index is 0.000000611. The van der Waals surface area contributed by atoms with Crippen molar-refractivity contribution < 1.29 is 60.5 Å². The Morgan fingerprint density at radius 2 is 1.60 bits per heavy atom. The molecule has 3 rings (SSSR count). The number of nitrogens with zero attached hydrogens (tertiary/aromatic N) is 3. The minimum absolute atomic E-state index is 0.113. The monoisotopic (exact) mass is 582 g/mol. The van der Waals surface area contributed by atoms with Crippen molar-refractivity contribution in [3.63, 3.8) is 0 Å². The van der Waals surface area contributed by atoms with Crippen molar-refractivity contribution in [1.29, 1.82) is 0 Å². The first-order valence-corrected chi connectivity index (χ1v) is 11.4. The number of aliphatic carboxylic acids is 2. The molecule has 0 fully saturated rings. The number of hydrogen-bond donors (Lipinski definition) is 3. The van der Waals surface area contributed by atoms with Crippen LogP contribution in [0, 0.1) is 17.5 Å². The smallest absolute Gasteiger partial charge is 0.449 e. The van der Waals surface area contributed by atoms with Crippen molar-refractivity contribution >= 4 is 23.8 Å². The number of hydrogen-bond acceptors (Lipinski definition) is 7. The SMILES string of the molecule is COC(=O)c1nc(C(F)(F)F)n2c1CN(C(=O)C[C@H](N)Cc1cc(F)c(F)cc1F)CC2.O=C(O)CCC(=O)O. The number of amides is 1. The third-order valence-corrected chi connectivity index (χ3v) is 5.55. The highest BCUT2D eigenvalue weighted by Gasteiger charge is 2.42. The minimum atomic E-state index is -4.82. The fraction of sp³-hybridized carbons (Fsp3) is 0.435. The molecule has 4 N–H and O–H groups in total. The van der Waals surface area contributed by atoms with Crippen molar-refractivity contribution in [3.05, 3.63) is 52.4 Å². The summed E-state index contributed by atoms with van der Waals surface area (Å²) in [4.78, 5) is 48.3. The first kappa shape index (κ1) is 32.1. The molecule has 2 heterocycles. The van der Waals surface area contributed by atoms with Gasteiger partial charge < -0.3 is 30.2 Å². The zero-order chi connectivity index (χ0) is 30.4. The van der Waals surface area contributed by atoms with E-state index in [-0.39, 0.29) is 56.6 Å². The minimum Gasteiger partial charge on any atom is -0.481 e. The molecule has 1 aromatic heterocycles. The van der Waals surface area contributed by atoms with E-state index in [1.165, 1.54) is 4.90 Å². The molecule has 0 saturated heterocycles. The third kappa shape index (κ3) is 8.42. The van der Waals surface area contributed by atoms with Gasteiger partial charge in [-0.15, -0.1) is 0 Å². The summed E-state index contributed by atoms with van der Waals surface area (Å²) in [5.41, 5.74) is 4.95. The third-order valence-electron chi connectivity index (χ3n) is 5.55. The first-order valence-electron chi connectivity index (χ1n) is 11.4. The van der Waals surface area contributed by atoms with E-state index in [4.69, 9.17) is 15.9 Å². The summed E-state index contributed by atoms with van der Waals surface area (Å²) in [6, 6.07) is 0.0485. The summed E-state index contributed by atoms with van der Waals surface area (Å²) < 4.78 is 85.3. The average Bonchev–Trinajstić information content (AvgIpc) is 3.25. The van der Waals surface area contributed by atoms with E-state index in [0.29, 0.717) is 12.1 Å². The lowest BCUT2D eigenvalue weighted by Crippen LogP contribution is -2.42. The van der Waals surface area contributed by atoms with Crippen LogP contribution in [0.25, 0.3) is 0 Å². The zero-order valence-corrected chi connectivity index (χ0v) is 20.8. The van der Waals surface area contributed by atoms with Gasteiger partial charge in [0.15, 0.2) is 17.3 Å². The largest absolute Gasteiger partial charge is 0.481 e. The summed E-state index contributed by atoms with van der Waals surface area (Å²) >= 11 is 0. The number of carboxylic acids is 2. The number of imidazole rings is 1. The Hall–Kier alpha value is -4.15. The van der Waals surface area contributed by atoms with Crippen LogP contribution in [-0.4, -0.2) is 68.2 Å². The molecule has 0 aliphatic carbocycles. The van der Waals surface area contributed by atoms with Crippen LogP contribution in [0.4, 0.5) is 26.3 Å². The summed E-state index contributed by atoms with van der Waals surface area (Å²) in [6.45, 7) is -0.732. The van der Waals surface area contributed by atoms with Crippen molar-refractivity contribution in [2.75, 3.05) is 13.7 Å². The molecule has 1 amide bonds. The van der Waals surface area contributed by atoms with E-state index in [1.807, 2.05) is 0 Å². The van der Waals surface area contributed by atoms with Crippen molar-refractivity contribution in [2.45, 2.75) is 51.0 Å². The van der Waals surface area contributed by atoms with E-state index in [0.717, 1.165) is 11.7 Å². The maximum Gasteiger partial charge on any atom is 0.449 e. The lowest BCUT2D eigenvalue weighted by Gasteiger charge is -2.30. The van der Waals surface area contributed by atoms with E-state index in [1.54, 1.807) is 0 Å². The number of aromatic nitrogens is 2. The second-order valence-corrected chi connectivity index (χ2v) is 8.50. The van der Waals surface area contributed by atoms with Crippen molar-refractivity contribution in [2.24, 2.45) is 5.73 Å². The van der Waals surface area contributed by atoms with Crippen LogP contribution in [0.15, 0.2) is 12.1 Å². The zero-order valence-electron chi connectivity index (χ0n) is 20.8. The molecule has 1 atom stereocenters. The van der Waals surface area contributed by atoms with Gasteiger partial charge in [-0.3, -0.25) is 14.4 Å². The number of benzene rings is 1.